The number of hydrogen-bond donors (Lipinski definition) is 2. The molecular weight excluding hydrogens is 300 g/mol. The third-order valence-electron chi connectivity index (χ3n) is 3.81. The molecule has 0 aliphatic carbocycles. The maximum Gasteiger partial charge on any atom is 0.321 e. The normalized spacial score (nSPS) is 17.1. The van der Waals surface area contributed by atoms with Crippen molar-refractivity contribution in [1.82, 2.24) is 15.2 Å². The zero-order valence-electron chi connectivity index (χ0n) is 12.3. The molecule has 2 amide bonds. The summed E-state index contributed by atoms with van der Waals surface area (Å²) in [5.74, 6) is 0.899. The molecule has 1 aliphatic heterocycles. The average Bonchev–Trinajstić information content (AvgIpc) is 3.22. The Morgan fingerprint density at radius 2 is 2.27 bits per heavy atom. The van der Waals surface area contributed by atoms with Crippen LogP contribution in [0.5, 0.6) is 0 Å². The molecule has 1 aliphatic rings. The van der Waals surface area contributed by atoms with Gasteiger partial charge in [0.05, 0.1) is 12.3 Å². The van der Waals surface area contributed by atoms with Crippen molar-refractivity contribution < 1.29 is 9.21 Å². The number of nitrogens with one attached hydrogen (secondary N) is 2. The lowest BCUT2D eigenvalue weighted by Crippen LogP contribution is -2.41. The Balaban J connectivity index is 1.59. The van der Waals surface area contributed by atoms with Gasteiger partial charge in [0, 0.05) is 18.1 Å². The number of furan rings is 1. The van der Waals surface area contributed by atoms with Crippen molar-refractivity contribution >= 4 is 22.5 Å². The van der Waals surface area contributed by atoms with Gasteiger partial charge in [-0.05, 0) is 38.1 Å². The molecule has 118 valence electrons. The first-order chi connectivity index (χ1) is 10.8. The van der Waals surface area contributed by atoms with E-state index in [1.165, 1.54) is 30.6 Å². The SMILES string of the molecule is O=C(NC[C@H](c1ccco1)N1CCCCC1)Nc1nccs1. The summed E-state index contributed by atoms with van der Waals surface area (Å²) in [7, 11) is 0. The molecule has 0 aromatic carbocycles. The quantitative estimate of drug-likeness (QED) is 0.888. The number of carbonyl (C=O) groups is 1. The van der Waals surface area contributed by atoms with Gasteiger partial charge in [-0.25, -0.2) is 9.78 Å². The molecule has 0 radical (unpaired) electrons. The van der Waals surface area contributed by atoms with Gasteiger partial charge in [-0.2, -0.15) is 0 Å². The Kier molecular flexibility index (Phi) is 5.07. The fourth-order valence-electron chi connectivity index (χ4n) is 2.74. The number of hydrogen-bond acceptors (Lipinski definition) is 5. The Hall–Kier alpha value is -1.86. The van der Waals surface area contributed by atoms with Gasteiger partial charge in [0.1, 0.15) is 5.76 Å². The molecule has 2 aromatic heterocycles. The number of aromatic nitrogens is 1. The summed E-state index contributed by atoms with van der Waals surface area (Å²) >= 11 is 1.40. The minimum atomic E-state index is -0.233. The minimum Gasteiger partial charge on any atom is -0.468 e. The number of rotatable bonds is 5. The molecule has 3 rings (SSSR count). The molecule has 22 heavy (non-hydrogen) atoms. The number of thiazole rings is 1. The second-order valence-electron chi connectivity index (χ2n) is 5.30. The molecule has 7 heteroatoms. The molecule has 2 aromatic rings. The molecule has 1 atom stereocenters. The summed E-state index contributed by atoms with van der Waals surface area (Å²) in [4.78, 5) is 18.4. The van der Waals surface area contributed by atoms with E-state index in [-0.39, 0.29) is 12.1 Å². The maximum atomic E-state index is 12.0. The standard InChI is InChI=1S/C15H20N4O2S/c20-14(18-15-16-6-10-22-15)17-11-12(13-5-4-9-21-13)19-7-2-1-3-8-19/h4-6,9-10,12H,1-3,7-8,11H2,(H2,16,17,18,20)/t12-/m1/s1. The van der Waals surface area contributed by atoms with Gasteiger partial charge >= 0.3 is 6.03 Å². The second-order valence-corrected chi connectivity index (χ2v) is 6.19. The van der Waals surface area contributed by atoms with E-state index in [9.17, 15) is 4.79 Å². The molecule has 1 fully saturated rings. The molecule has 1 saturated heterocycles. The second kappa shape index (κ2) is 7.42. The van der Waals surface area contributed by atoms with Crippen LogP contribution in [0.4, 0.5) is 9.93 Å². The predicted octanol–water partition coefficient (Wildman–Crippen LogP) is 3.08. The largest absolute Gasteiger partial charge is 0.468 e. The fraction of sp³-hybridized carbons (Fsp3) is 0.467. The van der Waals surface area contributed by atoms with Crippen LogP contribution in [0.3, 0.4) is 0 Å². The van der Waals surface area contributed by atoms with Crippen LogP contribution in [0.25, 0.3) is 0 Å². The summed E-state index contributed by atoms with van der Waals surface area (Å²) in [6.07, 6.45) is 7.02. The van der Waals surface area contributed by atoms with Crippen molar-refractivity contribution in [1.29, 1.82) is 0 Å². The predicted molar refractivity (Wildman–Crippen MR) is 86.0 cm³/mol. The van der Waals surface area contributed by atoms with Gasteiger partial charge in [0.15, 0.2) is 5.13 Å². The van der Waals surface area contributed by atoms with Crippen molar-refractivity contribution in [3.8, 4) is 0 Å². The van der Waals surface area contributed by atoms with E-state index >= 15 is 0 Å². The van der Waals surface area contributed by atoms with Crippen LogP contribution >= 0.6 is 11.3 Å². The smallest absolute Gasteiger partial charge is 0.321 e. The highest BCUT2D eigenvalue weighted by Gasteiger charge is 2.24. The van der Waals surface area contributed by atoms with E-state index in [0.29, 0.717) is 11.7 Å². The summed E-state index contributed by atoms with van der Waals surface area (Å²) < 4.78 is 5.56. The van der Waals surface area contributed by atoms with E-state index in [1.807, 2.05) is 17.5 Å². The number of urea groups is 1. The molecule has 0 bridgehead atoms. The van der Waals surface area contributed by atoms with Gasteiger partial charge in [-0.3, -0.25) is 10.2 Å². The van der Waals surface area contributed by atoms with Crippen LogP contribution in [-0.2, 0) is 0 Å². The summed E-state index contributed by atoms with van der Waals surface area (Å²) in [5, 5.41) is 8.09. The average molecular weight is 320 g/mol. The lowest BCUT2D eigenvalue weighted by Gasteiger charge is -2.33. The van der Waals surface area contributed by atoms with E-state index in [2.05, 4.69) is 20.5 Å². The van der Waals surface area contributed by atoms with Gasteiger partial charge < -0.3 is 9.73 Å². The van der Waals surface area contributed by atoms with Crippen LogP contribution in [0.1, 0.15) is 31.1 Å². The summed E-state index contributed by atoms with van der Waals surface area (Å²) in [6, 6.07) is 3.71. The van der Waals surface area contributed by atoms with E-state index in [1.54, 1.807) is 12.5 Å². The molecular formula is C15H20N4O2S. The van der Waals surface area contributed by atoms with Crippen molar-refractivity contribution in [3.05, 3.63) is 35.7 Å². The maximum absolute atomic E-state index is 12.0. The van der Waals surface area contributed by atoms with Crippen LogP contribution in [0, 0.1) is 0 Å². The third-order valence-corrected chi connectivity index (χ3v) is 4.50. The van der Waals surface area contributed by atoms with Gasteiger partial charge in [-0.1, -0.05) is 6.42 Å². The molecule has 3 heterocycles. The first-order valence-electron chi connectivity index (χ1n) is 7.55. The molecule has 0 saturated carbocycles. The zero-order valence-corrected chi connectivity index (χ0v) is 13.1. The van der Waals surface area contributed by atoms with Crippen LogP contribution in [0.15, 0.2) is 34.4 Å². The Morgan fingerprint density at radius 1 is 1.41 bits per heavy atom. The first kappa shape index (κ1) is 15.1. The lowest BCUT2D eigenvalue weighted by molar-refractivity contribution is 0.144. The van der Waals surface area contributed by atoms with E-state index in [4.69, 9.17) is 4.42 Å². The highest BCUT2D eigenvalue weighted by Crippen LogP contribution is 2.24. The van der Waals surface area contributed by atoms with Crippen molar-refractivity contribution in [2.75, 3.05) is 25.0 Å². The topological polar surface area (TPSA) is 70.4 Å². The number of anilines is 1. The van der Waals surface area contributed by atoms with Crippen molar-refractivity contribution in [2.45, 2.75) is 25.3 Å². The number of amides is 2. The fourth-order valence-corrected chi connectivity index (χ4v) is 3.26. The lowest BCUT2D eigenvalue weighted by atomic mass is 10.1. The highest BCUT2D eigenvalue weighted by molar-refractivity contribution is 7.13. The van der Waals surface area contributed by atoms with E-state index < -0.39 is 0 Å². The molecule has 6 nitrogen and oxygen atoms in total. The van der Waals surface area contributed by atoms with Gasteiger partial charge in [-0.15, -0.1) is 11.3 Å². The van der Waals surface area contributed by atoms with Gasteiger partial charge in [0.2, 0.25) is 0 Å². The zero-order chi connectivity index (χ0) is 15.2. The minimum absolute atomic E-state index is 0.0809. The summed E-state index contributed by atoms with van der Waals surface area (Å²) in [6.45, 7) is 2.60. The van der Waals surface area contributed by atoms with Crippen LogP contribution in [-0.4, -0.2) is 35.5 Å². The molecule has 2 N–H and O–H groups in total. The number of likely N-dealkylation sites (tertiary alicyclic amines) is 1. The number of nitrogens with zero attached hydrogens (tertiary/aromatic N) is 2. The Labute approximate surface area is 133 Å². The van der Waals surface area contributed by atoms with Crippen LogP contribution < -0.4 is 10.6 Å². The molecule has 0 spiro atoms. The van der Waals surface area contributed by atoms with Gasteiger partial charge in [0.25, 0.3) is 0 Å². The highest BCUT2D eigenvalue weighted by atomic mass is 32.1. The third kappa shape index (κ3) is 3.86. The van der Waals surface area contributed by atoms with Crippen molar-refractivity contribution in [3.63, 3.8) is 0 Å². The van der Waals surface area contributed by atoms with Crippen LogP contribution in [0.2, 0.25) is 0 Å². The first-order valence-corrected chi connectivity index (χ1v) is 8.43. The summed E-state index contributed by atoms with van der Waals surface area (Å²) in [5.41, 5.74) is 0. The Bertz CT molecular complexity index is 564. The number of carbonyl (C=O) groups excluding carboxylic acids is 1. The van der Waals surface area contributed by atoms with Crippen molar-refractivity contribution in [2.24, 2.45) is 0 Å². The van der Waals surface area contributed by atoms with E-state index in [0.717, 1.165) is 18.8 Å². The monoisotopic (exact) mass is 320 g/mol. The number of piperidine rings is 1. The molecule has 0 unspecified atom stereocenters. The Morgan fingerprint density at radius 3 is 2.95 bits per heavy atom.